The van der Waals surface area contributed by atoms with E-state index in [4.69, 9.17) is 5.11 Å². The fraction of sp³-hybridized carbons (Fsp3) is 0.885. The molecule has 2 heteroatoms. The van der Waals surface area contributed by atoms with Crippen molar-refractivity contribution in [3.63, 3.8) is 0 Å². The van der Waals surface area contributed by atoms with Gasteiger partial charge in [0, 0.05) is 5.57 Å². The van der Waals surface area contributed by atoms with Crippen LogP contribution in [0.15, 0.2) is 11.6 Å². The topological polar surface area (TPSA) is 37.3 Å². The molecular formula is C26H50O2. The summed E-state index contributed by atoms with van der Waals surface area (Å²) < 4.78 is 0. The Bertz CT molecular complexity index is 373. The number of carbonyl (C=O) groups is 1. The molecule has 0 saturated carbocycles. The Labute approximate surface area is 176 Å². The highest BCUT2D eigenvalue weighted by Crippen LogP contribution is 2.21. The number of hydrogen-bond acceptors (Lipinski definition) is 1. The van der Waals surface area contributed by atoms with Crippen LogP contribution in [-0.4, -0.2) is 11.1 Å². The van der Waals surface area contributed by atoms with Gasteiger partial charge in [0.25, 0.3) is 0 Å². The van der Waals surface area contributed by atoms with E-state index >= 15 is 0 Å². The van der Waals surface area contributed by atoms with Crippen molar-refractivity contribution in [1.82, 2.24) is 0 Å². The number of aliphatic carboxylic acids is 1. The first-order valence-corrected chi connectivity index (χ1v) is 12.5. The molecule has 0 bridgehead atoms. The van der Waals surface area contributed by atoms with Crippen molar-refractivity contribution in [2.45, 2.75) is 143 Å². The number of rotatable bonds is 21. The number of allylic oxidation sites excluding steroid dienone is 1. The second-order valence-corrected chi connectivity index (χ2v) is 8.80. The molecule has 0 radical (unpaired) electrons. The summed E-state index contributed by atoms with van der Waals surface area (Å²) in [6.45, 7) is 6.22. The van der Waals surface area contributed by atoms with Gasteiger partial charge in [0.15, 0.2) is 0 Å². The lowest BCUT2D eigenvalue weighted by Crippen LogP contribution is -2.03. The zero-order valence-corrected chi connectivity index (χ0v) is 19.4. The second-order valence-electron chi connectivity index (χ2n) is 8.80. The van der Waals surface area contributed by atoms with E-state index in [1.54, 1.807) is 6.92 Å². The monoisotopic (exact) mass is 394 g/mol. The van der Waals surface area contributed by atoms with Crippen molar-refractivity contribution in [3.05, 3.63) is 11.6 Å². The molecular weight excluding hydrogens is 344 g/mol. The predicted octanol–water partition coefficient (Wildman–Crippen LogP) is 9.09. The predicted molar refractivity (Wildman–Crippen MR) is 124 cm³/mol. The summed E-state index contributed by atoms with van der Waals surface area (Å²) in [7, 11) is 0. The lowest BCUT2D eigenvalue weighted by molar-refractivity contribution is -0.132. The van der Waals surface area contributed by atoms with Crippen LogP contribution in [0.5, 0.6) is 0 Å². The minimum atomic E-state index is -0.766. The zero-order chi connectivity index (χ0) is 20.9. The normalized spacial score (nSPS) is 13.0. The first-order chi connectivity index (χ1) is 13.6. The van der Waals surface area contributed by atoms with Gasteiger partial charge < -0.3 is 5.11 Å². The molecule has 0 aromatic rings. The quantitative estimate of drug-likeness (QED) is 0.156. The van der Waals surface area contributed by atoms with Crippen molar-refractivity contribution in [3.8, 4) is 0 Å². The molecule has 0 fully saturated rings. The Morgan fingerprint density at radius 2 is 1.00 bits per heavy atom. The summed E-state index contributed by atoms with van der Waals surface area (Å²) in [5.41, 5.74) is 0.516. The van der Waals surface area contributed by atoms with Crippen LogP contribution in [0.2, 0.25) is 0 Å². The molecule has 0 aliphatic carbocycles. The van der Waals surface area contributed by atoms with E-state index in [0.717, 1.165) is 12.8 Å². The molecule has 1 N–H and O–H groups in total. The fourth-order valence-corrected chi connectivity index (χ4v) is 3.98. The summed E-state index contributed by atoms with van der Waals surface area (Å²) in [6, 6.07) is 0. The van der Waals surface area contributed by atoms with E-state index in [0.29, 0.717) is 11.5 Å². The van der Waals surface area contributed by atoms with Crippen LogP contribution < -0.4 is 0 Å². The molecule has 0 saturated heterocycles. The van der Waals surface area contributed by atoms with Gasteiger partial charge >= 0.3 is 5.97 Å². The van der Waals surface area contributed by atoms with E-state index in [9.17, 15) is 4.79 Å². The van der Waals surface area contributed by atoms with Crippen molar-refractivity contribution >= 4 is 5.97 Å². The molecule has 2 nitrogen and oxygen atoms in total. The smallest absolute Gasteiger partial charge is 0.330 e. The molecule has 1 atom stereocenters. The van der Waals surface area contributed by atoms with Crippen molar-refractivity contribution in [2.75, 3.05) is 0 Å². The van der Waals surface area contributed by atoms with E-state index in [1.807, 2.05) is 6.08 Å². The van der Waals surface area contributed by atoms with Gasteiger partial charge in [-0.05, 0) is 25.7 Å². The third-order valence-corrected chi connectivity index (χ3v) is 5.93. The average molecular weight is 395 g/mol. The molecule has 28 heavy (non-hydrogen) atoms. The van der Waals surface area contributed by atoms with Crippen LogP contribution in [-0.2, 0) is 4.79 Å². The molecule has 0 aliphatic heterocycles. The van der Waals surface area contributed by atoms with Gasteiger partial charge in [0.1, 0.15) is 0 Å². The fourth-order valence-electron chi connectivity index (χ4n) is 3.98. The number of hydrogen-bond donors (Lipinski definition) is 1. The lowest BCUT2D eigenvalue weighted by Gasteiger charge is -2.13. The van der Waals surface area contributed by atoms with Gasteiger partial charge in [-0.1, -0.05) is 129 Å². The highest BCUT2D eigenvalue weighted by Gasteiger charge is 2.08. The summed E-state index contributed by atoms with van der Waals surface area (Å²) in [4.78, 5) is 11.1. The SMILES string of the molecule is CCCCCCCCCCCCCCCCCC(C=C(C)C(=O)O)CCCC. The van der Waals surface area contributed by atoms with E-state index < -0.39 is 5.97 Å². The Morgan fingerprint density at radius 1 is 0.643 bits per heavy atom. The number of carboxylic acids is 1. The van der Waals surface area contributed by atoms with E-state index in [2.05, 4.69) is 13.8 Å². The summed E-state index contributed by atoms with van der Waals surface area (Å²) >= 11 is 0. The van der Waals surface area contributed by atoms with Crippen LogP contribution in [0.4, 0.5) is 0 Å². The molecule has 0 aliphatic rings. The standard InChI is InChI=1S/C26H50O2/c1-4-6-8-9-10-11-12-13-14-15-16-17-18-19-20-22-25(21-7-5-2)23-24(3)26(27)28/h23,25H,4-22H2,1-3H3,(H,27,28). The van der Waals surface area contributed by atoms with Crippen LogP contribution in [0.25, 0.3) is 0 Å². The maximum atomic E-state index is 11.1. The molecule has 0 spiro atoms. The molecule has 166 valence electrons. The van der Waals surface area contributed by atoms with Crippen molar-refractivity contribution in [2.24, 2.45) is 5.92 Å². The highest BCUT2D eigenvalue weighted by molar-refractivity contribution is 5.85. The minimum Gasteiger partial charge on any atom is -0.478 e. The third-order valence-electron chi connectivity index (χ3n) is 5.93. The Morgan fingerprint density at radius 3 is 1.39 bits per heavy atom. The first-order valence-electron chi connectivity index (χ1n) is 12.5. The maximum Gasteiger partial charge on any atom is 0.330 e. The average Bonchev–Trinajstić information content (AvgIpc) is 2.68. The van der Waals surface area contributed by atoms with Gasteiger partial charge in [-0.3, -0.25) is 0 Å². The first kappa shape index (κ1) is 27.2. The number of unbranched alkanes of at least 4 members (excludes halogenated alkanes) is 15. The van der Waals surface area contributed by atoms with Crippen LogP contribution >= 0.6 is 0 Å². The summed E-state index contributed by atoms with van der Waals surface area (Å²) in [5.74, 6) is -0.309. The summed E-state index contributed by atoms with van der Waals surface area (Å²) in [5, 5.41) is 9.09. The largest absolute Gasteiger partial charge is 0.478 e. The third kappa shape index (κ3) is 18.6. The molecule has 0 amide bonds. The number of carboxylic acid groups (broad SMARTS) is 1. The van der Waals surface area contributed by atoms with E-state index in [1.165, 1.54) is 109 Å². The van der Waals surface area contributed by atoms with Gasteiger partial charge in [-0.15, -0.1) is 0 Å². The molecule has 0 aromatic heterocycles. The molecule has 0 aromatic carbocycles. The van der Waals surface area contributed by atoms with E-state index in [-0.39, 0.29) is 0 Å². The molecule has 0 heterocycles. The lowest BCUT2D eigenvalue weighted by atomic mass is 9.93. The van der Waals surface area contributed by atoms with Crippen LogP contribution in [0.3, 0.4) is 0 Å². The maximum absolute atomic E-state index is 11.1. The summed E-state index contributed by atoms with van der Waals surface area (Å²) in [6.07, 6.45) is 27.6. The van der Waals surface area contributed by atoms with Gasteiger partial charge in [-0.2, -0.15) is 0 Å². The Hall–Kier alpha value is -0.790. The van der Waals surface area contributed by atoms with Crippen LogP contribution in [0.1, 0.15) is 143 Å². The second kappa shape index (κ2) is 20.9. The van der Waals surface area contributed by atoms with Gasteiger partial charge in [0.2, 0.25) is 0 Å². The molecule has 0 rings (SSSR count). The Balaban J connectivity index is 3.53. The van der Waals surface area contributed by atoms with Gasteiger partial charge in [0.05, 0.1) is 0 Å². The van der Waals surface area contributed by atoms with Crippen LogP contribution in [0, 0.1) is 5.92 Å². The Kier molecular flexibility index (Phi) is 20.3. The minimum absolute atomic E-state index is 0.457. The highest BCUT2D eigenvalue weighted by atomic mass is 16.4. The van der Waals surface area contributed by atoms with Crippen molar-refractivity contribution < 1.29 is 9.90 Å². The molecule has 1 unspecified atom stereocenters. The van der Waals surface area contributed by atoms with Gasteiger partial charge in [-0.25, -0.2) is 4.79 Å². The zero-order valence-electron chi connectivity index (χ0n) is 19.4. The van der Waals surface area contributed by atoms with Crippen molar-refractivity contribution in [1.29, 1.82) is 0 Å².